The molecule has 0 saturated heterocycles. The second kappa shape index (κ2) is 5.39. The van der Waals surface area contributed by atoms with Crippen LogP contribution in [0.15, 0.2) is 18.5 Å². The number of amides is 1. The molecule has 1 heterocycles. The fourth-order valence-corrected chi connectivity index (χ4v) is 0.977. The molecule has 1 unspecified atom stereocenters. The van der Waals surface area contributed by atoms with Crippen LogP contribution in [0.4, 0.5) is 0 Å². The topological polar surface area (TPSA) is 56.1 Å². The highest BCUT2D eigenvalue weighted by Gasteiger charge is 2.09. The van der Waals surface area contributed by atoms with Crippen LogP contribution in [0.5, 0.6) is 0 Å². The van der Waals surface area contributed by atoms with Crippen LogP contribution in [0.3, 0.4) is 0 Å². The molecule has 1 atom stereocenters. The molecular weight excluding hydrogens is 182 g/mol. The van der Waals surface area contributed by atoms with Crippen LogP contribution in [0.2, 0.25) is 0 Å². The molecule has 5 heteroatoms. The van der Waals surface area contributed by atoms with E-state index in [4.69, 9.17) is 4.74 Å². The zero-order chi connectivity index (χ0) is 10.4. The largest absolute Gasteiger partial charge is 0.372 e. The van der Waals surface area contributed by atoms with Crippen LogP contribution in [0.25, 0.3) is 0 Å². The van der Waals surface area contributed by atoms with Crippen molar-refractivity contribution >= 4 is 5.91 Å². The number of aromatic nitrogens is 2. The number of carbonyl (C=O) groups excluding carboxylic acids is 1. The summed E-state index contributed by atoms with van der Waals surface area (Å²) in [7, 11) is 1.51. The van der Waals surface area contributed by atoms with Gasteiger partial charge in [0.1, 0.15) is 6.10 Å². The van der Waals surface area contributed by atoms with Crippen LogP contribution in [-0.4, -0.2) is 35.4 Å². The van der Waals surface area contributed by atoms with Crippen molar-refractivity contribution in [2.75, 3.05) is 13.7 Å². The molecule has 0 spiro atoms. The summed E-state index contributed by atoms with van der Waals surface area (Å²) in [5.41, 5.74) is 0. The summed E-state index contributed by atoms with van der Waals surface area (Å²) in [6, 6.07) is 1.85. The molecule has 0 aromatic carbocycles. The third-order valence-corrected chi connectivity index (χ3v) is 1.92. The lowest BCUT2D eigenvalue weighted by Crippen LogP contribution is -2.35. The Morgan fingerprint density at radius 1 is 1.71 bits per heavy atom. The lowest BCUT2D eigenvalue weighted by Gasteiger charge is -2.09. The molecule has 78 valence electrons. The van der Waals surface area contributed by atoms with Crippen LogP contribution in [-0.2, 0) is 16.1 Å². The Morgan fingerprint density at radius 3 is 3.07 bits per heavy atom. The average molecular weight is 197 g/mol. The summed E-state index contributed by atoms with van der Waals surface area (Å²) < 4.78 is 6.63. The quantitative estimate of drug-likeness (QED) is 0.724. The normalized spacial score (nSPS) is 12.4. The Kier molecular flexibility index (Phi) is 4.12. The first-order chi connectivity index (χ1) is 6.74. The van der Waals surface area contributed by atoms with E-state index in [0.29, 0.717) is 13.1 Å². The number of hydrogen-bond donors (Lipinski definition) is 1. The molecule has 0 aliphatic heterocycles. The molecule has 1 amide bonds. The van der Waals surface area contributed by atoms with Gasteiger partial charge in [0.05, 0.1) is 6.54 Å². The molecule has 0 radical (unpaired) electrons. The zero-order valence-electron chi connectivity index (χ0n) is 8.43. The van der Waals surface area contributed by atoms with Gasteiger partial charge in [-0.3, -0.25) is 9.48 Å². The minimum atomic E-state index is -0.396. The molecular formula is C9H15N3O2. The van der Waals surface area contributed by atoms with Crippen molar-refractivity contribution < 1.29 is 9.53 Å². The van der Waals surface area contributed by atoms with Gasteiger partial charge in [-0.15, -0.1) is 0 Å². The first-order valence-electron chi connectivity index (χ1n) is 4.52. The van der Waals surface area contributed by atoms with E-state index in [1.807, 2.05) is 12.3 Å². The summed E-state index contributed by atoms with van der Waals surface area (Å²) >= 11 is 0. The summed E-state index contributed by atoms with van der Waals surface area (Å²) in [5, 5.41) is 6.76. The highest BCUT2D eigenvalue weighted by Crippen LogP contribution is 1.87. The van der Waals surface area contributed by atoms with Gasteiger partial charge in [0, 0.05) is 26.0 Å². The predicted molar refractivity (Wildman–Crippen MR) is 51.7 cm³/mol. The van der Waals surface area contributed by atoms with Crippen molar-refractivity contribution in [3.8, 4) is 0 Å². The number of methoxy groups -OCH3 is 1. The molecule has 5 nitrogen and oxygen atoms in total. The Balaban J connectivity index is 2.18. The van der Waals surface area contributed by atoms with E-state index >= 15 is 0 Å². The second-order valence-corrected chi connectivity index (χ2v) is 2.94. The van der Waals surface area contributed by atoms with Crippen molar-refractivity contribution in [3.63, 3.8) is 0 Å². The number of ether oxygens (including phenoxy) is 1. The van der Waals surface area contributed by atoms with Gasteiger partial charge in [-0.25, -0.2) is 0 Å². The van der Waals surface area contributed by atoms with Crippen molar-refractivity contribution in [1.82, 2.24) is 15.1 Å². The van der Waals surface area contributed by atoms with E-state index in [0.717, 1.165) is 0 Å². The SMILES string of the molecule is COC(C)C(=O)NCCn1cccn1. The van der Waals surface area contributed by atoms with E-state index in [1.165, 1.54) is 7.11 Å². The van der Waals surface area contributed by atoms with Crippen LogP contribution < -0.4 is 5.32 Å². The number of rotatable bonds is 5. The maximum absolute atomic E-state index is 11.2. The fraction of sp³-hybridized carbons (Fsp3) is 0.556. The lowest BCUT2D eigenvalue weighted by atomic mass is 10.4. The first kappa shape index (κ1) is 10.7. The third-order valence-electron chi connectivity index (χ3n) is 1.92. The number of nitrogens with one attached hydrogen (secondary N) is 1. The van der Waals surface area contributed by atoms with Crippen molar-refractivity contribution in [1.29, 1.82) is 0 Å². The Hall–Kier alpha value is -1.36. The molecule has 0 saturated carbocycles. The fourth-order valence-electron chi connectivity index (χ4n) is 0.977. The average Bonchev–Trinajstić information content (AvgIpc) is 2.69. The highest BCUT2D eigenvalue weighted by molar-refractivity contribution is 5.80. The van der Waals surface area contributed by atoms with Crippen molar-refractivity contribution in [2.24, 2.45) is 0 Å². The second-order valence-electron chi connectivity index (χ2n) is 2.94. The Labute approximate surface area is 83.1 Å². The Bertz CT molecular complexity index is 272. The maximum Gasteiger partial charge on any atom is 0.248 e. The molecule has 1 aromatic heterocycles. The van der Waals surface area contributed by atoms with E-state index in [9.17, 15) is 4.79 Å². The number of hydrogen-bond acceptors (Lipinski definition) is 3. The van der Waals surface area contributed by atoms with Gasteiger partial charge >= 0.3 is 0 Å². The van der Waals surface area contributed by atoms with Gasteiger partial charge in [0.2, 0.25) is 5.91 Å². The van der Waals surface area contributed by atoms with Crippen molar-refractivity contribution in [2.45, 2.75) is 19.6 Å². The summed E-state index contributed by atoms with van der Waals surface area (Å²) in [6.07, 6.45) is 3.17. The predicted octanol–water partition coefficient (Wildman–Crippen LogP) is 0.0342. The van der Waals surface area contributed by atoms with Crippen LogP contribution in [0, 0.1) is 0 Å². The minimum absolute atomic E-state index is 0.0975. The summed E-state index contributed by atoms with van der Waals surface area (Å²) in [4.78, 5) is 11.2. The molecule has 0 bridgehead atoms. The van der Waals surface area contributed by atoms with E-state index in [2.05, 4.69) is 10.4 Å². The molecule has 0 aliphatic rings. The molecule has 0 fully saturated rings. The van der Waals surface area contributed by atoms with E-state index < -0.39 is 6.10 Å². The van der Waals surface area contributed by atoms with Gasteiger partial charge in [-0.2, -0.15) is 5.10 Å². The lowest BCUT2D eigenvalue weighted by molar-refractivity contribution is -0.130. The summed E-state index contributed by atoms with van der Waals surface area (Å²) in [6.45, 7) is 2.95. The van der Waals surface area contributed by atoms with E-state index in [1.54, 1.807) is 17.8 Å². The summed E-state index contributed by atoms with van der Waals surface area (Å²) in [5.74, 6) is -0.0975. The van der Waals surface area contributed by atoms with Gasteiger partial charge in [0.15, 0.2) is 0 Å². The maximum atomic E-state index is 11.2. The molecule has 1 rings (SSSR count). The van der Waals surface area contributed by atoms with Gasteiger partial charge in [-0.05, 0) is 13.0 Å². The van der Waals surface area contributed by atoms with Gasteiger partial charge in [0.25, 0.3) is 0 Å². The van der Waals surface area contributed by atoms with Gasteiger partial charge < -0.3 is 10.1 Å². The van der Waals surface area contributed by atoms with Crippen LogP contribution in [0.1, 0.15) is 6.92 Å². The number of nitrogens with zero attached hydrogens (tertiary/aromatic N) is 2. The minimum Gasteiger partial charge on any atom is -0.372 e. The zero-order valence-corrected chi connectivity index (χ0v) is 8.43. The monoisotopic (exact) mass is 197 g/mol. The third kappa shape index (κ3) is 3.18. The van der Waals surface area contributed by atoms with Crippen molar-refractivity contribution in [3.05, 3.63) is 18.5 Å². The molecule has 1 N–H and O–H groups in total. The number of carbonyl (C=O) groups is 1. The van der Waals surface area contributed by atoms with Crippen LogP contribution >= 0.6 is 0 Å². The first-order valence-corrected chi connectivity index (χ1v) is 4.52. The highest BCUT2D eigenvalue weighted by atomic mass is 16.5. The Morgan fingerprint density at radius 2 is 2.50 bits per heavy atom. The standard InChI is InChI=1S/C9H15N3O2/c1-8(14-2)9(13)10-5-7-12-6-3-4-11-12/h3-4,6,8H,5,7H2,1-2H3,(H,10,13). The van der Waals surface area contributed by atoms with E-state index in [-0.39, 0.29) is 5.91 Å². The van der Waals surface area contributed by atoms with Gasteiger partial charge in [-0.1, -0.05) is 0 Å². The molecule has 0 aliphatic carbocycles. The molecule has 14 heavy (non-hydrogen) atoms. The molecule has 1 aromatic rings. The smallest absolute Gasteiger partial charge is 0.248 e.